The molecule has 0 aromatic carbocycles. The lowest BCUT2D eigenvalue weighted by Gasteiger charge is -2.49. The zero-order valence-corrected chi connectivity index (χ0v) is 23.2. The zero-order chi connectivity index (χ0) is 28.0. The summed E-state index contributed by atoms with van der Waals surface area (Å²) in [5, 5.41) is 10.4. The van der Waals surface area contributed by atoms with Gasteiger partial charge < -0.3 is 30.6 Å². The molecule has 210 valence electrons. The quantitative estimate of drug-likeness (QED) is 0.369. The Morgan fingerprint density at radius 3 is 2.68 bits per heavy atom. The molecule has 0 bridgehead atoms. The Hall–Kier alpha value is -3.50. The van der Waals surface area contributed by atoms with Gasteiger partial charge in [-0.3, -0.25) is 4.79 Å². The summed E-state index contributed by atoms with van der Waals surface area (Å²) in [5.41, 5.74) is 5.97. The lowest BCUT2D eigenvalue weighted by Crippen LogP contribution is -2.53. The first-order valence-corrected chi connectivity index (χ1v) is 13.1. The minimum absolute atomic E-state index is 0.0441. The molecule has 0 saturated heterocycles. The summed E-state index contributed by atoms with van der Waals surface area (Å²) < 4.78 is 17.2. The number of methoxy groups -OCH3 is 1. The molecule has 1 heterocycles. The number of nitrogens with one attached hydrogen (secondary N) is 2. The fourth-order valence-electron chi connectivity index (χ4n) is 4.99. The number of primary amides is 1. The number of alkyl carbamates (subject to hydrolysis) is 1. The van der Waals surface area contributed by atoms with Gasteiger partial charge in [-0.15, -0.1) is 0 Å². The van der Waals surface area contributed by atoms with Crippen LogP contribution in [0.1, 0.15) is 64.2 Å². The molecular formula is C27H41N5O6. The molecule has 11 heteroatoms. The van der Waals surface area contributed by atoms with Crippen LogP contribution in [-0.4, -0.2) is 59.8 Å². The molecule has 38 heavy (non-hydrogen) atoms. The molecule has 3 rings (SSSR count). The molecule has 4 N–H and O–H groups in total. The van der Waals surface area contributed by atoms with E-state index in [0.717, 1.165) is 19.3 Å². The number of allylic oxidation sites excluding steroid dienone is 1. The first-order valence-electron chi connectivity index (χ1n) is 13.1. The molecule has 1 fully saturated rings. The zero-order valence-electron chi connectivity index (χ0n) is 23.2. The predicted octanol–water partition coefficient (Wildman–Crippen LogP) is 3.71. The number of hydrogen-bond acceptors (Lipinski definition) is 7. The molecule has 2 aliphatic carbocycles. The van der Waals surface area contributed by atoms with Crippen molar-refractivity contribution in [2.24, 2.45) is 29.4 Å². The maximum atomic E-state index is 13.6. The van der Waals surface area contributed by atoms with Gasteiger partial charge in [0.05, 0.1) is 32.1 Å². The first kappa shape index (κ1) is 29.1. The van der Waals surface area contributed by atoms with Crippen LogP contribution in [0.4, 0.5) is 9.59 Å². The van der Waals surface area contributed by atoms with E-state index in [1.165, 1.54) is 23.6 Å². The Balaban J connectivity index is 1.79. The van der Waals surface area contributed by atoms with Crippen molar-refractivity contribution in [1.82, 2.24) is 20.4 Å². The fourth-order valence-corrected chi connectivity index (χ4v) is 4.99. The molecule has 2 unspecified atom stereocenters. The van der Waals surface area contributed by atoms with Crippen LogP contribution in [0.5, 0.6) is 5.88 Å². The van der Waals surface area contributed by atoms with Gasteiger partial charge in [-0.2, -0.15) is 5.10 Å². The molecule has 11 nitrogen and oxygen atoms in total. The maximum absolute atomic E-state index is 13.6. The van der Waals surface area contributed by atoms with E-state index >= 15 is 0 Å². The Kier molecular flexibility index (Phi) is 9.45. The van der Waals surface area contributed by atoms with Crippen LogP contribution in [-0.2, 0) is 9.47 Å². The second-order valence-corrected chi connectivity index (χ2v) is 10.9. The highest BCUT2D eigenvalue weighted by atomic mass is 16.5. The Morgan fingerprint density at radius 1 is 1.32 bits per heavy atom. The van der Waals surface area contributed by atoms with Crippen molar-refractivity contribution < 1.29 is 28.6 Å². The van der Waals surface area contributed by atoms with Crippen LogP contribution in [0.2, 0.25) is 0 Å². The topological polar surface area (TPSA) is 147 Å². The molecule has 1 aromatic heterocycles. The van der Waals surface area contributed by atoms with Crippen LogP contribution in [0, 0.1) is 23.7 Å². The largest absolute Gasteiger partial charge is 0.477 e. The van der Waals surface area contributed by atoms with Gasteiger partial charge in [0, 0.05) is 24.1 Å². The van der Waals surface area contributed by atoms with Gasteiger partial charge in [-0.05, 0) is 44.6 Å². The summed E-state index contributed by atoms with van der Waals surface area (Å²) in [4.78, 5) is 36.3. The lowest BCUT2D eigenvalue weighted by molar-refractivity contribution is 0.0776. The normalized spacial score (nSPS) is 22.8. The molecule has 0 spiro atoms. The van der Waals surface area contributed by atoms with Gasteiger partial charge in [-0.25, -0.2) is 14.3 Å². The summed E-state index contributed by atoms with van der Waals surface area (Å²) in [7, 11) is 1.30. The number of hydrogen-bond donors (Lipinski definition) is 3. The molecule has 1 aromatic rings. The number of ether oxygens (including phenoxy) is 3. The number of fused-ring (bicyclic) bond motifs is 1. The number of carbonyl (C=O) groups excluding carboxylic acids is 3. The third-order valence-electron chi connectivity index (χ3n) is 7.07. The third-order valence-corrected chi connectivity index (χ3v) is 7.07. The van der Waals surface area contributed by atoms with Crippen LogP contribution in [0.25, 0.3) is 6.20 Å². The predicted molar refractivity (Wildman–Crippen MR) is 142 cm³/mol. The summed E-state index contributed by atoms with van der Waals surface area (Å²) in [5.74, 6) is 0.953. The summed E-state index contributed by atoms with van der Waals surface area (Å²) >= 11 is 0. The fraction of sp³-hybridized carbons (Fsp3) is 0.630. The van der Waals surface area contributed by atoms with Crippen molar-refractivity contribution in [3.8, 4) is 5.88 Å². The van der Waals surface area contributed by atoms with Crippen molar-refractivity contribution in [3.63, 3.8) is 0 Å². The van der Waals surface area contributed by atoms with E-state index in [-0.39, 0.29) is 36.3 Å². The number of nitrogens with zero attached hydrogens (tertiary/aromatic N) is 2. The number of carbonyl (C=O) groups is 3. The number of nitrogens with two attached hydrogens (primary N) is 1. The van der Waals surface area contributed by atoms with Gasteiger partial charge in [0.2, 0.25) is 5.88 Å². The van der Waals surface area contributed by atoms with Crippen LogP contribution in [0.3, 0.4) is 0 Å². The van der Waals surface area contributed by atoms with Crippen molar-refractivity contribution in [2.45, 2.75) is 65.5 Å². The van der Waals surface area contributed by atoms with Crippen LogP contribution in [0.15, 0.2) is 23.9 Å². The van der Waals surface area contributed by atoms with Gasteiger partial charge in [-0.1, -0.05) is 38.8 Å². The van der Waals surface area contributed by atoms with E-state index in [0.29, 0.717) is 24.0 Å². The summed E-state index contributed by atoms with van der Waals surface area (Å²) in [6.07, 6.45) is 8.40. The van der Waals surface area contributed by atoms with Gasteiger partial charge >= 0.3 is 12.2 Å². The average molecular weight is 532 g/mol. The van der Waals surface area contributed by atoms with Crippen molar-refractivity contribution >= 4 is 24.3 Å². The molecular weight excluding hydrogens is 490 g/mol. The number of aromatic nitrogens is 2. The Bertz CT molecular complexity index is 1080. The molecule has 3 amide bonds. The minimum atomic E-state index is -0.773. The molecule has 0 aliphatic heterocycles. The average Bonchev–Trinajstić information content (AvgIpc) is 3.24. The Labute approximate surface area is 224 Å². The van der Waals surface area contributed by atoms with E-state index in [9.17, 15) is 14.4 Å². The van der Waals surface area contributed by atoms with E-state index < -0.39 is 17.7 Å². The van der Waals surface area contributed by atoms with Crippen molar-refractivity contribution in [3.05, 3.63) is 29.5 Å². The van der Waals surface area contributed by atoms with Gasteiger partial charge in [0.1, 0.15) is 5.56 Å². The van der Waals surface area contributed by atoms with E-state index in [4.69, 9.17) is 15.2 Å². The Morgan fingerprint density at radius 2 is 2.05 bits per heavy atom. The van der Waals surface area contributed by atoms with E-state index in [1.54, 1.807) is 12.3 Å². The standard InChI is InChI=1S/C27H41N5O6/c1-7-17-8-9-19-18(15-38-25(28)34)12-20(19)22(17)30-23(33)21-13-29-32(24(21)37-14-16(2)3)11-10-27(4,5)31-26(35)36-6/h9-11,13,16-18,20,22H,7-8,12,14-15H2,1-6H3,(H2,28,34)(H,30,33)(H,31,35)/b11-10+/t17?,18-,20?,22+/m0/s1. The van der Waals surface area contributed by atoms with Gasteiger partial charge in [0.25, 0.3) is 5.91 Å². The van der Waals surface area contributed by atoms with Crippen molar-refractivity contribution in [2.75, 3.05) is 20.3 Å². The lowest BCUT2D eigenvalue weighted by atomic mass is 9.60. The van der Waals surface area contributed by atoms with Crippen molar-refractivity contribution in [1.29, 1.82) is 0 Å². The second-order valence-electron chi connectivity index (χ2n) is 10.9. The maximum Gasteiger partial charge on any atom is 0.407 e. The van der Waals surface area contributed by atoms with Crippen LogP contribution >= 0.6 is 0 Å². The second kappa shape index (κ2) is 12.4. The highest BCUT2D eigenvalue weighted by Crippen LogP contribution is 2.48. The summed E-state index contributed by atoms with van der Waals surface area (Å²) in [6, 6.07) is -0.0441. The smallest absolute Gasteiger partial charge is 0.407 e. The number of rotatable bonds is 11. The summed E-state index contributed by atoms with van der Waals surface area (Å²) in [6.45, 7) is 10.5. The van der Waals surface area contributed by atoms with E-state index in [1.807, 2.05) is 27.7 Å². The molecule has 0 radical (unpaired) electrons. The SMILES string of the molecule is CCC1CC=C2C(C[C@H]2COC(N)=O)[C@@H]1NC(=O)c1cnn(/C=C/C(C)(C)NC(=O)OC)c1OCC(C)C. The third kappa shape index (κ3) is 7.08. The van der Waals surface area contributed by atoms with Crippen LogP contribution < -0.4 is 21.1 Å². The van der Waals surface area contributed by atoms with Gasteiger partial charge in [0.15, 0.2) is 0 Å². The molecule has 1 saturated carbocycles. The highest BCUT2D eigenvalue weighted by Gasteiger charge is 2.46. The first-order chi connectivity index (χ1) is 18.0. The van der Waals surface area contributed by atoms with E-state index in [2.05, 4.69) is 33.5 Å². The monoisotopic (exact) mass is 531 g/mol. The highest BCUT2D eigenvalue weighted by molar-refractivity contribution is 5.96. The molecule has 4 atom stereocenters. The number of amides is 3. The minimum Gasteiger partial charge on any atom is -0.477 e. The molecule has 2 aliphatic rings.